The minimum Gasteiger partial charge on any atom is -0.343 e. The van der Waals surface area contributed by atoms with E-state index in [1.165, 1.54) is 0 Å². The average molecular weight is 436 g/mol. The van der Waals surface area contributed by atoms with Gasteiger partial charge in [0.1, 0.15) is 5.82 Å². The molecule has 2 aromatic rings. The Balaban J connectivity index is 1.25. The predicted octanol–water partition coefficient (Wildman–Crippen LogP) is 1.63. The molecule has 8 nitrogen and oxygen atoms in total. The molecule has 0 aromatic carbocycles. The molecular formula is C24H33N7O. The minimum absolute atomic E-state index is 0.213. The van der Waals surface area contributed by atoms with Crippen molar-refractivity contribution < 1.29 is 4.79 Å². The van der Waals surface area contributed by atoms with Crippen LogP contribution in [0.1, 0.15) is 57.0 Å². The molecule has 2 aliphatic heterocycles. The summed E-state index contributed by atoms with van der Waals surface area (Å²) in [6, 6.07) is 0.342. The van der Waals surface area contributed by atoms with Gasteiger partial charge in [0, 0.05) is 57.0 Å². The van der Waals surface area contributed by atoms with Gasteiger partial charge in [0.25, 0.3) is 0 Å². The first kappa shape index (κ1) is 22.0. The van der Waals surface area contributed by atoms with Gasteiger partial charge in [-0.25, -0.2) is 9.97 Å². The lowest BCUT2D eigenvalue weighted by Gasteiger charge is -2.33. The van der Waals surface area contributed by atoms with Crippen molar-refractivity contribution in [3.63, 3.8) is 0 Å². The number of hydrogen-bond acceptors (Lipinski definition) is 6. The third kappa shape index (κ3) is 4.54. The van der Waals surface area contributed by atoms with Crippen LogP contribution in [0.5, 0.6) is 0 Å². The van der Waals surface area contributed by atoms with Crippen LogP contribution in [0.3, 0.4) is 0 Å². The van der Waals surface area contributed by atoms with Crippen molar-refractivity contribution in [2.45, 2.75) is 52.0 Å². The summed E-state index contributed by atoms with van der Waals surface area (Å²) in [5.74, 6) is 2.20. The number of nitrogens with one attached hydrogen (secondary N) is 1. The Labute approximate surface area is 189 Å². The average Bonchev–Trinajstić information content (AvgIpc) is 3.41. The van der Waals surface area contributed by atoms with E-state index in [1.54, 1.807) is 0 Å². The molecule has 1 amide bonds. The molecule has 0 saturated carbocycles. The molecule has 4 rings (SSSR count). The summed E-state index contributed by atoms with van der Waals surface area (Å²) in [6.07, 6.45) is 9.66. The van der Waals surface area contributed by atoms with Gasteiger partial charge in [0.2, 0.25) is 5.91 Å². The first-order chi connectivity index (χ1) is 15.3. The SMILES string of the molecule is C=C(c1cnn(C(C)C)c1)C1CCN(C(=O)CCCc2nc3c(c(=C)n2)=CNN3C)CC1. The zero-order valence-corrected chi connectivity index (χ0v) is 19.3. The zero-order valence-electron chi connectivity index (χ0n) is 19.3. The molecule has 4 heterocycles. The van der Waals surface area contributed by atoms with Crippen molar-refractivity contribution in [2.24, 2.45) is 5.92 Å². The maximum atomic E-state index is 12.7. The van der Waals surface area contributed by atoms with Crippen LogP contribution >= 0.6 is 0 Å². The maximum absolute atomic E-state index is 12.7. The summed E-state index contributed by atoms with van der Waals surface area (Å²) >= 11 is 0. The Kier molecular flexibility index (Phi) is 6.30. The second-order valence-electron chi connectivity index (χ2n) is 8.99. The van der Waals surface area contributed by atoms with Crippen molar-refractivity contribution >= 4 is 30.1 Å². The number of fused-ring (bicyclic) bond motifs is 1. The van der Waals surface area contributed by atoms with Crippen molar-refractivity contribution in [1.29, 1.82) is 0 Å². The highest BCUT2D eigenvalue weighted by molar-refractivity contribution is 5.76. The van der Waals surface area contributed by atoms with Crippen LogP contribution in [0.15, 0.2) is 19.0 Å². The summed E-state index contributed by atoms with van der Waals surface area (Å²) < 4.78 is 1.97. The van der Waals surface area contributed by atoms with Crippen LogP contribution in [0, 0.1) is 5.92 Å². The van der Waals surface area contributed by atoms with Gasteiger partial charge >= 0.3 is 0 Å². The molecule has 1 saturated heterocycles. The molecule has 8 heteroatoms. The molecule has 0 bridgehead atoms. The number of likely N-dealkylation sites (tertiary alicyclic amines) is 1. The summed E-state index contributed by atoms with van der Waals surface area (Å²) in [4.78, 5) is 23.8. The van der Waals surface area contributed by atoms with Gasteiger partial charge < -0.3 is 10.3 Å². The largest absolute Gasteiger partial charge is 0.343 e. The van der Waals surface area contributed by atoms with Gasteiger partial charge in [-0.3, -0.25) is 14.5 Å². The van der Waals surface area contributed by atoms with Crippen molar-refractivity contribution in [1.82, 2.24) is 30.1 Å². The lowest BCUT2D eigenvalue weighted by atomic mass is 9.87. The number of piperidine rings is 1. The highest BCUT2D eigenvalue weighted by Gasteiger charge is 2.25. The van der Waals surface area contributed by atoms with E-state index in [1.807, 2.05) is 34.0 Å². The fourth-order valence-electron chi connectivity index (χ4n) is 4.35. The Hall–Kier alpha value is -3.16. The number of amides is 1. The van der Waals surface area contributed by atoms with E-state index in [2.05, 4.69) is 53.7 Å². The molecule has 0 aliphatic carbocycles. The lowest BCUT2D eigenvalue weighted by Crippen LogP contribution is -2.38. The van der Waals surface area contributed by atoms with Crippen LogP contribution in [-0.4, -0.2) is 50.7 Å². The molecule has 2 aliphatic rings. The topological polar surface area (TPSA) is 79.2 Å². The second kappa shape index (κ2) is 9.14. The normalized spacial score (nSPS) is 16.1. The third-order valence-corrected chi connectivity index (χ3v) is 6.40. The molecule has 0 spiro atoms. The third-order valence-electron chi connectivity index (χ3n) is 6.40. The van der Waals surface area contributed by atoms with Gasteiger partial charge in [0.15, 0.2) is 5.82 Å². The molecule has 1 N–H and O–H groups in total. The van der Waals surface area contributed by atoms with Crippen molar-refractivity contribution in [3.8, 4) is 0 Å². The van der Waals surface area contributed by atoms with E-state index in [0.29, 0.717) is 24.8 Å². The molecule has 0 unspecified atom stereocenters. The van der Waals surface area contributed by atoms with Gasteiger partial charge in [0.05, 0.1) is 16.8 Å². The van der Waals surface area contributed by atoms with Crippen molar-refractivity contribution in [2.75, 3.05) is 25.1 Å². The number of allylic oxidation sites excluding steroid dienone is 1. The van der Waals surface area contributed by atoms with Gasteiger partial charge in [-0.05, 0) is 44.6 Å². The summed E-state index contributed by atoms with van der Waals surface area (Å²) in [7, 11) is 1.91. The Morgan fingerprint density at radius 2 is 2.03 bits per heavy atom. The predicted molar refractivity (Wildman–Crippen MR) is 127 cm³/mol. The number of carbonyl (C=O) groups excluding carboxylic acids is 1. The van der Waals surface area contributed by atoms with Crippen molar-refractivity contribution in [3.05, 3.63) is 40.9 Å². The molecular weight excluding hydrogens is 402 g/mol. The minimum atomic E-state index is 0.213. The standard InChI is InChI=1S/C24H33N7O/c1-16(2)31-15-20(13-26-31)17(3)19-9-11-30(12-10-19)23(32)8-6-7-22-27-18(4)21-14-25-29(5)24(21)28-22/h13-16,19,25H,3-4,6-12H2,1-2,5H3. The fraction of sp³-hybridized carbons (Fsp3) is 0.500. The number of aromatic nitrogens is 4. The first-order valence-electron chi connectivity index (χ1n) is 11.4. The van der Waals surface area contributed by atoms with Gasteiger partial charge in [-0.15, -0.1) is 0 Å². The quantitative estimate of drug-likeness (QED) is 0.712. The van der Waals surface area contributed by atoms with E-state index in [4.69, 9.17) is 0 Å². The summed E-state index contributed by atoms with van der Waals surface area (Å²) in [5, 5.41) is 7.93. The Bertz CT molecular complexity index is 1110. The molecule has 1 fully saturated rings. The zero-order chi connectivity index (χ0) is 22.8. The van der Waals surface area contributed by atoms with Crippen LogP contribution in [0.25, 0.3) is 18.4 Å². The van der Waals surface area contributed by atoms with Crippen LogP contribution in [0.4, 0.5) is 5.82 Å². The molecule has 170 valence electrons. The molecule has 0 radical (unpaired) electrons. The van der Waals surface area contributed by atoms with Gasteiger partial charge in [-0.1, -0.05) is 13.2 Å². The van der Waals surface area contributed by atoms with E-state index in [-0.39, 0.29) is 5.91 Å². The maximum Gasteiger partial charge on any atom is 0.222 e. The molecule has 0 atom stereocenters. The van der Waals surface area contributed by atoms with E-state index in [9.17, 15) is 4.79 Å². The van der Waals surface area contributed by atoms with Crippen LogP contribution < -0.4 is 21.0 Å². The molecule has 32 heavy (non-hydrogen) atoms. The Morgan fingerprint density at radius 1 is 1.28 bits per heavy atom. The lowest BCUT2D eigenvalue weighted by molar-refractivity contribution is -0.132. The number of rotatable bonds is 7. The highest BCUT2D eigenvalue weighted by atomic mass is 16.2. The monoisotopic (exact) mass is 435 g/mol. The number of hydrogen-bond donors (Lipinski definition) is 1. The first-order valence-corrected chi connectivity index (χ1v) is 11.4. The smallest absolute Gasteiger partial charge is 0.222 e. The molecule has 2 aromatic heterocycles. The number of carbonyl (C=O) groups is 1. The number of aryl methyl sites for hydroxylation is 1. The number of nitrogens with zero attached hydrogens (tertiary/aromatic N) is 6. The number of anilines is 1. The van der Waals surface area contributed by atoms with E-state index >= 15 is 0 Å². The van der Waals surface area contributed by atoms with E-state index < -0.39 is 0 Å². The summed E-state index contributed by atoms with van der Waals surface area (Å²) in [5.41, 5.74) is 5.34. The number of hydrazine groups is 1. The van der Waals surface area contributed by atoms with Crippen LogP contribution in [0.2, 0.25) is 0 Å². The Morgan fingerprint density at radius 3 is 2.72 bits per heavy atom. The van der Waals surface area contributed by atoms with Crippen LogP contribution in [-0.2, 0) is 11.2 Å². The summed E-state index contributed by atoms with van der Waals surface area (Å²) in [6.45, 7) is 14.1. The van der Waals surface area contributed by atoms with Gasteiger partial charge in [-0.2, -0.15) is 5.10 Å². The highest BCUT2D eigenvalue weighted by Crippen LogP contribution is 2.31. The van der Waals surface area contributed by atoms with E-state index in [0.717, 1.165) is 65.7 Å². The second-order valence-corrected chi connectivity index (χ2v) is 8.99. The fourth-order valence-corrected chi connectivity index (χ4v) is 4.35.